The molecule has 122 valence electrons. The van der Waals surface area contributed by atoms with Crippen LogP contribution in [0, 0.1) is 0 Å². The van der Waals surface area contributed by atoms with Crippen LogP contribution in [0.4, 0.5) is 10.5 Å². The molecule has 0 aliphatic heterocycles. The Labute approximate surface area is 137 Å². The van der Waals surface area contributed by atoms with Crippen molar-refractivity contribution >= 4 is 23.5 Å². The van der Waals surface area contributed by atoms with Gasteiger partial charge in [0.05, 0.1) is 11.8 Å². The number of amides is 2. The Morgan fingerprint density at radius 2 is 2.09 bits per heavy atom. The Morgan fingerprint density at radius 1 is 1.41 bits per heavy atom. The van der Waals surface area contributed by atoms with Gasteiger partial charge in [0.1, 0.15) is 0 Å². The summed E-state index contributed by atoms with van der Waals surface area (Å²) >= 11 is 1.88. The topological polar surface area (TPSA) is 52.6 Å². The molecule has 0 radical (unpaired) electrons. The maximum Gasteiger partial charge on any atom is 0.321 e. The average Bonchev–Trinajstić information content (AvgIpc) is 2.99. The number of aliphatic hydroxyl groups is 1. The molecule has 5 heteroatoms. The zero-order chi connectivity index (χ0) is 15.9. The molecule has 2 N–H and O–H groups in total. The van der Waals surface area contributed by atoms with Crippen LogP contribution in [0.1, 0.15) is 39.0 Å². The Kier molecular flexibility index (Phi) is 6.58. The van der Waals surface area contributed by atoms with Crippen molar-refractivity contribution in [3.63, 3.8) is 0 Å². The molecule has 4 nitrogen and oxygen atoms in total. The van der Waals surface area contributed by atoms with Crippen LogP contribution in [-0.2, 0) is 0 Å². The summed E-state index contributed by atoms with van der Waals surface area (Å²) in [6.07, 6.45) is 5.36. The van der Waals surface area contributed by atoms with Gasteiger partial charge in [-0.25, -0.2) is 4.79 Å². The fourth-order valence-corrected chi connectivity index (χ4v) is 3.88. The molecule has 0 aromatic heterocycles. The van der Waals surface area contributed by atoms with Crippen molar-refractivity contribution in [1.29, 1.82) is 0 Å². The first kappa shape index (κ1) is 17.2. The van der Waals surface area contributed by atoms with Gasteiger partial charge >= 0.3 is 6.03 Å². The summed E-state index contributed by atoms with van der Waals surface area (Å²) in [7, 11) is 1.75. The van der Waals surface area contributed by atoms with Gasteiger partial charge in [-0.15, -0.1) is 11.8 Å². The van der Waals surface area contributed by atoms with Gasteiger partial charge in [-0.1, -0.05) is 25.0 Å². The molecule has 1 aliphatic rings. The average molecular weight is 322 g/mol. The molecular weight excluding hydrogens is 296 g/mol. The fourth-order valence-electron chi connectivity index (χ4n) is 2.55. The number of urea groups is 1. The normalized spacial score (nSPS) is 16.5. The van der Waals surface area contributed by atoms with Crippen molar-refractivity contribution in [2.75, 3.05) is 18.9 Å². The SMILES string of the molecule is CC(O)CCN(C)C(=O)Nc1ccccc1SC1CCCC1. The minimum Gasteiger partial charge on any atom is -0.393 e. The lowest BCUT2D eigenvalue weighted by atomic mass is 10.3. The lowest BCUT2D eigenvalue weighted by molar-refractivity contribution is 0.167. The van der Waals surface area contributed by atoms with E-state index in [0.717, 1.165) is 10.6 Å². The van der Waals surface area contributed by atoms with E-state index >= 15 is 0 Å². The Hall–Kier alpha value is -1.20. The molecule has 1 aliphatic carbocycles. The first-order chi connectivity index (χ1) is 10.6. The van der Waals surface area contributed by atoms with E-state index in [-0.39, 0.29) is 12.1 Å². The summed E-state index contributed by atoms with van der Waals surface area (Å²) in [6.45, 7) is 2.28. The number of nitrogens with one attached hydrogen (secondary N) is 1. The van der Waals surface area contributed by atoms with E-state index in [9.17, 15) is 9.90 Å². The van der Waals surface area contributed by atoms with E-state index in [1.807, 2.05) is 30.0 Å². The lowest BCUT2D eigenvalue weighted by Gasteiger charge is -2.20. The standard InChI is InChI=1S/C17H26N2O2S/c1-13(20)11-12-19(2)17(21)18-15-9-5-6-10-16(15)22-14-7-3-4-8-14/h5-6,9-10,13-14,20H,3-4,7-8,11-12H2,1-2H3,(H,18,21). The zero-order valence-corrected chi connectivity index (χ0v) is 14.2. The number of hydrogen-bond acceptors (Lipinski definition) is 3. The van der Waals surface area contributed by atoms with Gasteiger partial charge in [-0.05, 0) is 38.3 Å². The number of nitrogens with zero attached hydrogens (tertiary/aromatic N) is 1. The van der Waals surface area contributed by atoms with Crippen LogP contribution >= 0.6 is 11.8 Å². The first-order valence-corrected chi connectivity index (χ1v) is 8.90. The van der Waals surface area contributed by atoms with Crippen LogP contribution in [0.25, 0.3) is 0 Å². The van der Waals surface area contributed by atoms with Crippen molar-refractivity contribution in [2.45, 2.75) is 55.3 Å². The van der Waals surface area contributed by atoms with Gasteiger partial charge in [0.15, 0.2) is 0 Å². The highest BCUT2D eigenvalue weighted by Crippen LogP contribution is 2.38. The predicted molar refractivity (Wildman–Crippen MR) is 92.5 cm³/mol. The smallest absolute Gasteiger partial charge is 0.321 e. The third-order valence-corrected chi connectivity index (χ3v) is 5.37. The molecule has 1 aromatic carbocycles. The first-order valence-electron chi connectivity index (χ1n) is 8.02. The molecule has 22 heavy (non-hydrogen) atoms. The third kappa shape index (κ3) is 5.21. The minimum absolute atomic E-state index is 0.125. The number of para-hydroxylation sites is 1. The van der Waals surface area contributed by atoms with Gasteiger partial charge in [0, 0.05) is 23.7 Å². The van der Waals surface area contributed by atoms with Crippen molar-refractivity contribution in [3.05, 3.63) is 24.3 Å². The van der Waals surface area contributed by atoms with E-state index in [1.165, 1.54) is 25.7 Å². The second kappa shape index (κ2) is 8.44. The van der Waals surface area contributed by atoms with Crippen LogP contribution in [0.3, 0.4) is 0 Å². The highest BCUT2D eigenvalue weighted by Gasteiger charge is 2.18. The predicted octanol–water partition coefficient (Wildman–Crippen LogP) is 3.96. The number of thioether (sulfide) groups is 1. The number of hydrogen-bond donors (Lipinski definition) is 2. The van der Waals surface area contributed by atoms with Crippen molar-refractivity contribution in [1.82, 2.24) is 4.90 Å². The maximum atomic E-state index is 12.2. The molecule has 0 bridgehead atoms. The second-order valence-corrected chi connectivity index (χ2v) is 7.35. The quantitative estimate of drug-likeness (QED) is 0.833. The molecule has 1 atom stereocenters. The van der Waals surface area contributed by atoms with Gasteiger partial charge < -0.3 is 15.3 Å². The number of benzene rings is 1. The van der Waals surface area contributed by atoms with Crippen LogP contribution in [0.5, 0.6) is 0 Å². The van der Waals surface area contributed by atoms with Crippen LogP contribution in [0.2, 0.25) is 0 Å². The highest BCUT2D eigenvalue weighted by molar-refractivity contribution is 8.00. The van der Waals surface area contributed by atoms with Crippen molar-refractivity contribution in [3.8, 4) is 0 Å². The summed E-state index contributed by atoms with van der Waals surface area (Å²) in [4.78, 5) is 15.0. The fraction of sp³-hybridized carbons (Fsp3) is 0.588. The van der Waals surface area contributed by atoms with Crippen LogP contribution in [-0.4, -0.2) is 41.0 Å². The number of rotatable bonds is 6. The summed E-state index contributed by atoms with van der Waals surface area (Å²) in [6, 6.07) is 7.88. The third-order valence-electron chi connectivity index (χ3n) is 3.95. The van der Waals surface area contributed by atoms with Crippen LogP contribution in [0.15, 0.2) is 29.2 Å². The summed E-state index contributed by atoms with van der Waals surface area (Å²) in [5.41, 5.74) is 0.883. The van der Waals surface area contributed by atoms with Gasteiger partial charge in [0.25, 0.3) is 0 Å². The molecular formula is C17H26N2O2S. The van der Waals surface area contributed by atoms with E-state index in [4.69, 9.17) is 0 Å². The lowest BCUT2D eigenvalue weighted by Crippen LogP contribution is -2.33. The Balaban J connectivity index is 1.94. The summed E-state index contributed by atoms with van der Waals surface area (Å²) in [5, 5.41) is 13.0. The number of aliphatic hydroxyl groups excluding tert-OH is 1. The molecule has 1 aromatic rings. The molecule has 0 heterocycles. The van der Waals surface area contributed by atoms with E-state index in [2.05, 4.69) is 11.4 Å². The van der Waals surface area contributed by atoms with Crippen molar-refractivity contribution in [2.24, 2.45) is 0 Å². The molecule has 1 unspecified atom stereocenters. The monoisotopic (exact) mass is 322 g/mol. The molecule has 0 spiro atoms. The summed E-state index contributed by atoms with van der Waals surface area (Å²) in [5.74, 6) is 0. The van der Waals surface area contributed by atoms with Gasteiger partial charge in [-0.3, -0.25) is 0 Å². The van der Waals surface area contributed by atoms with Gasteiger partial charge in [-0.2, -0.15) is 0 Å². The van der Waals surface area contributed by atoms with Crippen molar-refractivity contribution < 1.29 is 9.90 Å². The number of carbonyl (C=O) groups is 1. The second-order valence-electron chi connectivity index (χ2n) is 6.01. The van der Waals surface area contributed by atoms with E-state index in [0.29, 0.717) is 18.2 Å². The molecule has 1 fully saturated rings. The largest absolute Gasteiger partial charge is 0.393 e. The number of carbonyl (C=O) groups excluding carboxylic acids is 1. The summed E-state index contributed by atoms with van der Waals surface area (Å²) < 4.78 is 0. The minimum atomic E-state index is -0.388. The van der Waals surface area contributed by atoms with E-state index in [1.54, 1.807) is 18.9 Å². The molecule has 0 saturated heterocycles. The molecule has 1 saturated carbocycles. The zero-order valence-electron chi connectivity index (χ0n) is 13.4. The molecule has 2 amide bonds. The number of anilines is 1. The Morgan fingerprint density at radius 3 is 2.77 bits per heavy atom. The molecule has 2 rings (SSSR count). The highest BCUT2D eigenvalue weighted by atomic mass is 32.2. The van der Waals surface area contributed by atoms with E-state index < -0.39 is 0 Å². The van der Waals surface area contributed by atoms with Crippen LogP contribution < -0.4 is 5.32 Å². The maximum absolute atomic E-state index is 12.2. The Bertz CT molecular complexity index is 487. The van der Waals surface area contributed by atoms with Gasteiger partial charge in [0.2, 0.25) is 0 Å².